The molecule has 0 aliphatic rings. The average molecular weight is 234 g/mol. The predicted molar refractivity (Wildman–Crippen MR) is 62.9 cm³/mol. The Bertz CT molecular complexity index is 508. The van der Waals surface area contributed by atoms with Crippen LogP contribution in [0, 0.1) is 19.7 Å². The van der Waals surface area contributed by atoms with E-state index in [2.05, 4.69) is 10.5 Å². The monoisotopic (exact) mass is 234 g/mol. The van der Waals surface area contributed by atoms with Crippen molar-refractivity contribution in [1.82, 2.24) is 10.5 Å². The molecule has 0 radical (unpaired) electrons. The zero-order chi connectivity index (χ0) is 12.3. The van der Waals surface area contributed by atoms with Crippen LogP contribution in [0.2, 0.25) is 0 Å². The second-order valence-electron chi connectivity index (χ2n) is 4.12. The van der Waals surface area contributed by atoms with Crippen molar-refractivity contribution in [1.29, 1.82) is 0 Å². The summed E-state index contributed by atoms with van der Waals surface area (Å²) in [6.07, 6.45) is 0. The third kappa shape index (κ3) is 3.14. The summed E-state index contributed by atoms with van der Waals surface area (Å²) in [5.41, 5.74) is 2.45. The van der Waals surface area contributed by atoms with Gasteiger partial charge in [-0.3, -0.25) is 0 Å². The zero-order valence-electron chi connectivity index (χ0n) is 9.96. The quantitative estimate of drug-likeness (QED) is 0.883. The lowest BCUT2D eigenvalue weighted by atomic mass is 10.1. The van der Waals surface area contributed by atoms with Crippen LogP contribution < -0.4 is 5.32 Å². The standard InChI is InChI=1S/C13H15FN2O/c1-9-3-4-11(6-13(9)14)7-15-8-12-5-10(2)17-16-12/h3-6,15H,7-8H2,1-2H3. The van der Waals surface area contributed by atoms with Crippen molar-refractivity contribution in [3.05, 3.63) is 52.7 Å². The van der Waals surface area contributed by atoms with E-state index >= 15 is 0 Å². The van der Waals surface area contributed by atoms with Gasteiger partial charge in [0, 0.05) is 19.2 Å². The summed E-state index contributed by atoms with van der Waals surface area (Å²) < 4.78 is 18.2. The molecule has 3 nitrogen and oxygen atoms in total. The lowest BCUT2D eigenvalue weighted by Gasteiger charge is -2.04. The van der Waals surface area contributed by atoms with Crippen LogP contribution in [0.5, 0.6) is 0 Å². The fraction of sp³-hybridized carbons (Fsp3) is 0.308. The maximum absolute atomic E-state index is 13.3. The van der Waals surface area contributed by atoms with Gasteiger partial charge in [-0.05, 0) is 31.0 Å². The van der Waals surface area contributed by atoms with Crippen molar-refractivity contribution in [2.45, 2.75) is 26.9 Å². The molecule has 0 spiro atoms. The molecule has 0 bridgehead atoms. The maximum Gasteiger partial charge on any atom is 0.133 e. The van der Waals surface area contributed by atoms with Crippen LogP contribution in [-0.4, -0.2) is 5.16 Å². The summed E-state index contributed by atoms with van der Waals surface area (Å²) in [6, 6.07) is 7.13. The average Bonchev–Trinajstić information content (AvgIpc) is 2.70. The van der Waals surface area contributed by atoms with Gasteiger partial charge in [0.25, 0.3) is 0 Å². The Hall–Kier alpha value is -1.68. The van der Waals surface area contributed by atoms with Crippen LogP contribution >= 0.6 is 0 Å². The molecule has 0 atom stereocenters. The largest absolute Gasteiger partial charge is 0.361 e. The van der Waals surface area contributed by atoms with E-state index in [4.69, 9.17) is 4.52 Å². The second kappa shape index (κ2) is 5.10. The van der Waals surface area contributed by atoms with Crippen LogP contribution in [-0.2, 0) is 13.1 Å². The molecule has 0 aliphatic carbocycles. The van der Waals surface area contributed by atoms with Gasteiger partial charge in [-0.1, -0.05) is 17.3 Å². The molecular weight excluding hydrogens is 219 g/mol. The molecular formula is C13H15FN2O. The summed E-state index contributed by atoms with van der Waals surface area (Å²) in [4.78, 5) is 0. The van der Waals surface area contributed by atoms with Crippen LogP contribution in [0.25, 0.3) is 0 Å². The van der Waals surface area contributed by atoms with Gasteiger partial charge in [0.1, 0.15) is 11.6 Å². The minimum Gasteiger partial charge on any atom is -0.361 e. The van der Waals surface area contributed by atoms with Crippen LogP contribution in [0.3, 0.4) is 0 Å². The zero-order valence-corrected chi connectivity index (χ0v) is 9.96. The molecule has 1 aromatic carbocycles. The molecule has 0 fully saturated rings. The van der Waals surface area contributed by atoms with Gasteiger partial charge in [-0.2, -0.15) is 0 Å². The van der Waals surface area contributed by atoms with Crippen molar-refractivity contribution in [2.24, 2.45) is 0 Å². The molecule has 2 rings (SSSR count). The van der Waals surface area contributed by atoms with Gasteiger partial charge in [0.15, 0.2) is 0 Å². The Morgan fingerprint density at radius 3 is 2.71 bits per heavy atom. The molecule has 0 saturated heterocycles. The first-order valence-corrected chi connectivity index (χ1v) is 5.53. The molecule has 17 heavy (non-hydrogen) atoms. The minimum absolute atomic E-state index is 0.165. The Morgan fingerprint density at radius 1 is 1.24 bits per heavy atom. The maximum atomic E-state index is 13.3. The van der Waals surface area contributed by atoms with Gasteiger partial charge >= 0.3 is 0 Å². The van der Waals surface area contributed by atoms with E-state index in [9.17, 15) is 4.39 Å². The Morgan fingerprint density at radius 2 is 2.06 bits per heavy atom. The molecule has 0 aliphatic heterocycles. The highest BCUT2D eigenvalue weighted by molar-refractivity contribution is 5.23. The smallest absolute Gasteiger partial charge is 0.133 e. The number of aromatic nitrogens is 1. The molecule has 2 aromatic rings. The first-order valence-electron chi connectivity index (χ1n) is 5.53. The fourth-order valence-electron chi connectivity index (χ4n) is 1.58. The molecule has 0 saturated carbocycles. The summed E-state index contributed by atoms with van der Waals surface area (Å²) in [6.45, 7) is 4.84. The first-order chi connectivity index (χ1) is 8.15. The van der Waals surface area contributed by atoms with Crippen molar-refractivity contribution in [2.75, 3.05) is 0 Å². The highest BCUT2D eigenvalue weighted by Crippen LogP contribution is 2.09. The summed E-state index contributed by atoms with van der Waals surface area (Å²) in [5.74, 6) is 0.629. The molecule has 4 heteroatoms. The van der Waals surface area contributed by atoms with Crippen LogP contribution in [0.4, 0.5) is 4.39 Å². The van der Waals surface area contributed by atoms with E-state index in [1.54, 1.807) is 19.1 Å². The van der Waals surface area contributed by atoms with E-state index in [0.717, 1.165) is 17.0 Å². The number of benzene rings is 1. The normalized spacial score (nSPS) is 10.8. The third-order valence-corrected chi connectivity index (χ3v) is 2.55. The van der Waals surface area contributed by atoms with E-state index in [1.807, 2.05) is 19.1 Å². The lowest BCUT2D eigenvalue weighted by molar-refractivity contribution is 0.388. The van der Waals surface area contributed by atoms with Gasteiger partial charge < -0.3 is 9.84 Å². The molecule has 90 valence electrons. The summed E-state index contributed by atoms with van der Waals surface area (Å²) >= 11 is 0. The van der Waals surface area contributed by atoms with Crippen molar-refractivity contribution in [3.8, 4) is 0 Å². The fourth-order valence-corrected chi connectivity index (χ4v) is 1.58. The second-order valence-corrected chi connectivity index (χ2v) is 4.12. The van der Waals surface area contributed by atoms with Crippen molar-refractivity contribution in [3.63, 3.8) is 0 Å². The highest BCUT2D eigenvalue weighted by atomic mass is 19.1. The Labute approximate surface area is 99.6 Å². The van der Waals surface area contributed by atoms with Crippen LogP contribution in [0.1, 0.15) is 22.6 Å². The predicted octanol–water partition coefficient (Wildman–Crippen LogP) is 2.72. The number of rotatable bonds is 4. The number of hydrogen-bond acceptors (Lipinski definition) is 3. The number of nitrogens with zero attached hydrogens (tertiary/aromatic N) is 1. The van der Waals surface area contributed by atoms with Crippen LogP contribution in [0.15, 0.2) is 28.8 Å². The Kier molecular flexibility index (Phi) is 3.54. The van der Waals surface area contributed by atoms with Gasteiger partial charge in [0.05, 0.1) is 5.69 Å². The molecule has 1 N–H and O–H groups in total. The number of nitrogens with one attached hydrogen (secondary N) is 1. The first kappa shape index (κ1) is 11.8. The number of hydrogen-bond donors (Lipinski definition) is 1. The van der Waals surface area contributed by atoms with E-state index < -0.39 is 0 Å². The molecule has 1 aromatic heterocycles. The topological polar surface area (TPSA) is 38.1 Å². The van der Waals surface area contributed by atoms with E-state index in [0.29, 0.717) is 18.7 Å². The highest BCUT2D eigenvalue weighted by Gasteiger charge is 2.01. The van der Waals surface area contributed by atoms with Gasteiger partial charge in [0.2, 0.25) is 0 Å². The minimum atomic E-state index is -0.165. The molecule has 1 heterocycles. The SMILES string of the molecule is Cc1cc(CNCc2ccc(C)c(F)c2)no1. The lowest BCUT2D eigenvalue weighted by Crippen LogP contribution is -2.13. The number of halogens is 1. The van der Waals surface area contributed by atoms with Crippen molar-refractivity contribution < 1.29 is 8.91 Å². The van der Waals surface area contributed by atoms with E-state index in [-0.39, 0.29) is 5.82 Å². The van der Waals surface area contributed by atoms with E-state index in [1.165, 1.54) is 0 Å². The molecule has 0 amide bonds. The third-order valence-electron chi connectivity index (χ3n) is 2.55. The summed E-state index contributed by atoms with van der Waals surface area (Å²) in [5, 5.41) is 7.06. The Balaban J connectivity index is 1.87. The van der Waals surface area contributed by atoms with Crippen molar-refractivity contribution >= 4 is 0 Å². The molecule has 0 unspecified atom stereocenters. The number of aryl methyl sites for hydroxylation is 2. The van der Waals surface area contributed by atoms with Gasteiger partial charge in [-0.15, -0.1) is 0 Å². The summed E-state index contributed by atoms with van der Waals surface area (Å²) in [7, 11) is 0. The van der Waals surface area contributed by atoms with Gasteiger partial charge in [-0.25, -0.2) is 4.39 Å².